The molecule has 3 N–H and O–H groups in total. The smallest absolute Gasteiger partial charge is 0.337 e. The Morgan fingerprint density at radius 2 is 1.62 bits per heavy atom. The van der Waals surface area contributed by atoms with E-state index in [-0.39, 0.29) is 22.9 Å². The lowest BCUT2D eigenvalue weighted by Crippen LogP contribution is -2.48. The number of ketones is 1. The summed E-state index contributed by atoms with van der Waals surface area (Å²) in [4.78, 5) is 40.0. The third kappa shape index (κ3) is 5.20. The van der Waals surface area contributed by atoms with Crippen molar-refractivity contribution in [3.63, 3.8) is 0 Å². The number of aromatic carboxylic acids is 1. The lowest BCUT2D eigenvalue weighted by molar-refractivity contribution is 0.0635. The molecule has 0 saturated carbocycles. The summed E-state index contributed by atoms with van der Waals surface area (Å²) >= 11 is 0. The molecule has 0 bridgehead atoms. The van der Waals surface area contributed by atoms with Crippen LogP contribution >= 0.6 is 0 Å². The highest BCUT2D eigenvalue weighted by atomic mass is 16.4. The molecular weight excluding hydrogens is 370 g/mol. The average molecular weight is 395 g/mol. The number of piperazine rings is 1. The number of carboxylic acid groups (broad SMARTS) is 1. The van der Waals surface area contributed by atoms with Crippen molar-refractivity contribution in [2.45, 2.75) is 12.8 Å². The Balaban J connectivity index is 1.46. The first-order valence-corrected chi connectivity index (χ1v) is 9.68. The molecule has 1 fully saturated rings. The number of benzene rings is 2. The van der Waals surface area contributed by atoms with Gasteiger partial charge < -0.3 is 15.7 Å². The molecule has 152 valence electrons. The summed E-state index contributed by atoms with van der Waals surface area (Å²) in [5.41, 5.74) is 6.82. The van der Waals surface area contributed by atoms with Crippen molar-refractivity contribution in [3.05, 3.63) is 65.2 Å². The molecule has 2 aromatic rings. The Labute approximate surface area is 169 Å². The van der Waals surface area contributed by atoms with Crippen LogP contribution in [0.4, 0.5) is 5.69 Å². The predicted molar refractivity (Wildman–Crippen MR) is 110 cm³/mol. The molecule has 0 aromatic heterocycles. The highest BCUT2D eigenvalue weighted by molar-refractivity contribution is 6.00. The topological polar surface area (TPSA) is 104 Å². The van der Waals surface area contributed by atoms with Gasteiger partial charge in [0.2, 0.25) is 0 Å². The van der Waals surface area contributed by atoms with Gasteiger partial charge in [-0.2, -0.15) is 0 Å². The minimum atomic E-state index is -1.15. The van der Waals surface area contributed by atoms with Crippen molar-refractivity contribution in [2.75, 3.05) is 38.5 Å². The van der Waals surface area contributed by atoms with Crippen molar-refractivity contribution < 1.29 is 19.5 Å². The number of nitrogen functional groups attached to an aromatic ring is 1. The maximum absolute atomic E-state index is 12.7. The monoisotopic (exact) mass is 395 g/mol. The van der Waals surface area contributed by atoms with E-state index in [0.717, 1.165) is 31.6 Å². The fourth-order valence-electron chi connectivity index (χ4n) is 3.46. The number of rotatable bonds is 7. The summed E-state index contributed by atoms with van der Waals surface area (Å²) in [5, 5.41) is 9.18. The zero-order valence-electron chi connectivity index (χ0n) is 16.2. The lowest BCUT2D eigenvalue weighted by atomic mass is 10.1. The number of nitrogens with zero attached hydrogens (tertiary/aromatic N) is 2. The van der Waals surface area contributed by atoms with E-state index < -0.39 is 5.97 Å². The molecule has 1 aliphatic rings. The number of hydrogen-bond acceptors (Lipinski definition) is 5. The molecule has 1 heterocycles. The van der Waals surface area contributed by atoms with Gasteiger partial charge in [0.15, 0.2) is 5.78 Å². The fraction of sp³-hybridized carbons (Fsp3) is 0.318. The molecule has 0 aliphatic carbocycles. The van der Waals surface area contributed by atoms with Gasteiger partial charge in [0, 0.05) is 49.4 Å². The Morgan fingerprint density at radius 3 is 2.28 bits per heavy atom. The molecule has 7 heteroatoms. The summed E-state index contributed by atoms with van der Waals surface area (Å²) in [6, 6.07) is 13.6. The van der Waals surface area contributed by atoms with Gasteiger partial charge >= 0.3 is 5.97 Å². The molecule has 0 spiro atoms. The summed E-state index contributed by atoms with van der Waals surface area (Å²) in [5.74, 6) is -1.18. The number of carboxylic acids is 1. The quantitative estimate of drug-likeness (QED) is 0.551. The zero-order chi connectivity index (χ0) is 20.8. The van der Waals surface area contributed by atoms with Gasteiger partial charge in [-0.05, 0) is 31.2 Å². The molecular formula is C22H25N3O4. The maximum atomic E-state index is 12.7. The van der Waals surface area contributed by atoms with E-state index >= 15 is 0 Å². The first-order chi connectivity index (χ1) is 14.0. The van der Waals surface area contributed by atoms with E-state index in [9.17, 15) is 19.5 Å². The molecule has 2 aromatic carbocycles. The first-order valence-electron chi connectivity index (χ1n) is 9.68. The van der Waals surface area contributed by atoms with Crippen LogP contribution in [0.15, 0.2) is 48.5 Å². The molecule has 1 saturated heterocycles. The number of carbonyl (C=O) groups is 3. The highest BCUT2D eigenvalue weighted by Gasteiger charge is 2.23. The largest absolute Gasteiger partial charge is 0.478 e. The van der Waals surface area contributed by atoms with Crippen LogP contribution in [0.3, 0.4) is 0 Å². The minimum absolute atomic E-state index is 0.0578. The van der Waals surface area contributed by atoms with Crippen LogP contribution in [-0.2, 0) is 0 Å². The van der Waals surface area contributed by atoms with Gasteiger partial charge in [-0.1, -0.05) is 30.3 Å². The van der Waals surface area contributed by atoms with Gasteiger partial charge in [-0.25, -0.2) is 4.79 Å². The van der Waals surface area contributed by atoms with E-state index in [1.807, 2.05) is 30.3 Å². The second kappa shape index (κ2) is 9.34. The Morgan fingerprint density at radius 1 is 0.931 bits per heavy atom. The van der Waals surface area contributed by atoms with Crippen molar-refractivity contribution in [1.29, 1.82) is 0 Å². The summed E-state index contributed by atoms with van der Waals surface area (Å²) in [6.45, 7) is 3.40. The van der Waals surface area contributed by atoms with Crippen LogP contribution < -0.4 is 5.73 Å². The Kier molecular flexibility index (Phi) is 6.61. The van der Waals surface area contributed by atoms with Gasteiger partial charge in [-0.15, -0.1) is 0 Å². The van der Waals surface area contributed by atoms with E-state index in [0.29, 0.717) is 25.1 Å². The van der Waals surface area contributed by atoms with E-state index in [1.165, 1.54) is 12.1 Å². The first kappa shape index (κ1) is 20.5. The SMILES string of the molecule is Nc1ccc(C(=O)N2CCN(CCCC(=O)c3ccccc3)CC2)cc1C(=O)O. The third-order valence-corrected chi connectivity index (χ3v) is 5.16. The number of anilines is 1. The summed E-state index contributed by atoms with van der Waals surface area (Å²) in [7, 11) is 0. The van der Waals surface area contributed by atoms with E-state index in [2.05, 4.69) is 4.90 Å². The molecule has 29 heavy (non-hydrogen) atoms. The second-order valence-electron chi connectivity index (χ2n) is 7.13. The number of Topliss-reactive ketones (excluding diaryl/α,β-unsaturated/α-hetero) is 1. The highest BCUT2D eigenvalue weighted by Crippen LogP contribution is 2.17. The zero-order valence-corrected chi connectivity index (χ0v) is 16.2. The number of carbonyl (C=O) groups excluding carboxylic acids is 2. The van der Waals surface area contributed by atoms with Gasteiger partial charge in [-0.3, -0.25) is 14.5 Å². The molecule has 1 amide bonds. The summed E-state index contributed by atoms with van der Waals surface area (Å²) in [6.07, 6.45) is 1.29. The van der Waals surface area contributed by atoms with Crippen LogP contribution in [0.2, 0.25) is 0 Å². The average Bonchev–Trinajstić information content (AvgIpc) is 2.74. The van der Waals surface area contributed by atoms with Gasteiger partial charge in [0.1, 0.15) is 0 Å². The van der Waals surface area contributed by atoms with Crippen LogP contribution in [0.25, 0.3) is 0 Å². The Bertz CT molecular complexity index is 890. The third-order valence-electron chi connectivity index (χ3n) is 5.16. The number of amides is 1. The molecule has 1 aliphatic heterocycles. The van der Waals surface area contributed by atoms with Crippen LogP contribution in [0.1, 0.15) is 43.9 Å². The van der Waals surface area contributed by atoms with Crippen LogP contribution in [0, 0.1) is 0 Å². The van der Waals surface area contributed by atoms with Crippen molar-refractivity contribution in [2.24, 2.45) is 0 Å². The standard InChI is InChI=1S/C22H25N3O4/c23-19-9-8-17(15-18(19)22(28)29)21(27)25-13-11-24(12-14-25)10-4-7-20(26)16-5-2-1-3-6-16/h1-3,5-6,8-9,15H,4,7,10-14,23H2,(H,28,29). The molecule has 0 atom stereocenters. The van der Waals surface area contributed by atoms with Crippen LogP contribution in [0.5, 0.6) is 0 Å². The molecule has 3 rings (SSSR count). The van der Waals surface area contributed by atoms with E-state index in [4.69, 9.17) is 5.73 Å². The minimum Gasteiger partial charge on any atom is -0.478 e. The van der Waals surface area contributed by atoms with Gasteiger partial charge in [0.05, 0.1) is 5.56 Å². The number of nitrogens with two attached hydrogens (primary N) is 1. The van der Waals surface area contributed by atoms with Crippen LogP contribution in [-0.4, -0.2) is 65.3 Å². The predicted octanol–water partition coefficient (Wildman–Crippen LogP) is 2.39. The fourth-order valence-corrected chi connectivity index (χ4v) is 3.46. The lowest BCUT2D eigenvalue weighted by Gasteiger charge is -2.34. The van der Waals surface area contributed by atoms with Crippen molar-refractivity contribution >= 4 is 23.3 Å². The molecule has 0 unspecified atom stereocenters. The normalized spacial score (nSPS) is 14.6. The molecule has 7 nitrogen and oxygen atoms in total. The second-order valence-corrected chi connectivity index (χ2v) is 7.13. The van der Waals surface area contributed by atoms with Crippen molar-refractivity contribution in [3.8, 4) is 0 Å². The molecule has 0 radical (unpaired) electrons. The number of hydrogen-bond donors (Lipinski definition) is 2. The maximum Gasteiger partial charge on any atom is 0.337 e. The summed E-state index contributed by atoms with van der Waals surface area (Å²) < 4.78 is 0. The van der Waals surface area contributed by atoms with E-state index in [1.54, 1.807) is 11.0 Å². The Hall–Kier alpha value is -3.19. The van der Waals surface area contributed by atoms with Gasteiger partial charge in [0.25, 0.3) is 5.91 Å². The van der Waals surface area contributed by atoms with Crippen molar-refractivity contribution in [1.82, 2.24) is 9.80 Å².